The molecule has 20 heavy (non-hydrogen) atoms. The second kappa shape index (κ2) is 8.80. The van der Waals surface area contributed by atoms with Gasteiger partial charge in [0.15, 0.2) is 5.78 Å². The molecule has 0 radical (unpaired) electrons. The van der Waals surface area contributed by atoms with Gasteiger partial charge in [-0.3, -0.25) is 9.59 Å². The number of Topliss-reactive ketones (excluding diaryl/α,β-unsaturated/α-hetero) is 1. The molecule has 0 aliphatic carbocycles. The molecule has 0 heterocycles. The van der Waals surface area contributed by atoms with Gasteiger partial charge in [-0.05, 0) is 18.6 Å². The van der Waals surface area contributed by atoms with Crippen LogP contribution < -0.4 is 0 Å². The third kappa shape index (κ3) is 5.37. The van der Waals surface area contributed by atoms with E-state index in [2.05, 4.69) is 6.92 Å². The highest BCUT2D eigenvalue weighted by Gasteiger charge is 2.09. The lowest BCUT2D eigenvalue weighted by molar-refractivity contribution is -0.127. The molecule has 0 spiro atoms. The van der Waals surface area contributed by atoms with Gasteiger partial charge >= 0.3 is 0 Å². The second-order valence-corrected chi connectivity index (χ2v) is 5.81. The zero-order valence-electron chi connectivity index (χ0n) is 12.5. The van der Waals surface area contributed by atoms with Crippen LogP contribution in [0.1, 0.15) is 43.5 Å². The van der Waals surface area contributed by atoms with E-state index in [-0.39, 0.29) is 11.7 Å². The summed E-state index contributed by atoms with van der Waals surface area (Å²) in [4.78, 5) is 26.2. The molecule has 4 heteroatoms. The van der Waals surface area contributed by atoms with E-state index in [1.165, 1.54) is 11.8 Å². The van der Waals surface area contributed by atoms with E-state index >= 15 is 0 Å². The van der Waals surface area contributed by atoms with Gasteiger partial charge in [0.05, 0.1) is 5.75 Å². The normalized spacial score (nSPS) is 10.3. The van der Waals surface area contributed by atoms with Gasteiger partial charge < -0.3 is 4.90 Å². The number of hydrogen-bond donors (Lipinski definition) is 0. The third-order valence-electron chi connectivity index (χ3n) is 3.13. The lowest BCUT2D eigenvalue weighted by Gasteiger charge is -2.16. The van der Waals surface area contributed by atoms with Crippen molar-refractivity contribution in [3.05, 3.63) is 29.8 Å². The zero-order chi connectivity index (χ0) is 15.0. The topological polar surface area (TPSA) is 37.4 Å². The van der Waals surface area contributed by atoms with E-state index in [1.54, 1.807) is 4.90 Å². The largest absolute Gasteiger partial charge is 0.345 e. The van der Waals surface area contributed by atoms with Gasteiger partial charge in [0, 0.05) is 30.5 Å². The van der Waals surface area contributed by atoms with E-state index in [9.17, 15) is 9.59 Å². The zero-order valence-corrected chi connectivity index (χ0v) is 13.3. The first-order chi connectivity index (χ1) is 9.58. The molecular weight excluding hydrogens is 270 g/mol. The minimum atomic E-state index is 0.150. The maximum absolute atomic E-state index is 11.9. The summed E-state index contributed by atoms with van der Waals surface area (Å²) in [6.45, 7) is 4.79. The molecule has 0 N–H and O–H groups in total. The van der Waals surface area contributed by atoms with Crippen LogP contribution in [0, 0.1) is 0 Å². The lowest BCUT2D eigenvalue weighted by Crippen LogP contribution is -2.29. The summed E-state index contributed by atoms with van der Waals surface area (Å²) in [6, 6.07) is 7.48. The fourth-order valence-electron chi connectivity index (χ4n) is 1.72. The van der Waals surface area contributed by atoms with Crippen LogP contribution in [0.2, 0.25) is 0 Å². The Morgan fingerprint density at radius 3 is 2.35 bits per heavy atom. The Morgan fingerprint density at radius 2 is 1.80 bits per heavy atom. The summed E-state index contributed by atoms with van der Waals surface area (Å²) in [5, 5.41) is 0. The lowest BCUT2D eigenvalue weighted by atomic mass is 10.1. The molecule has 0 saturated carbocycles. The van der Waals surface area contributed by atoms with Crippen molar-refractivity contribution >= 4 is 23.5 Å². The Balaban J connectivity index is 2.45. The molecule has 110 valence electrons. The molecule has 0 aliphatic heterocycles. The maximum atomic E-state index is 11.9. The molecule has 1 aromatic carbocycles. The van der Waals surface area contributed by atoms with E-state index in [4.69, 9.17) is 0 Å². The van der Waals surface area contributed by atoms with Crippen LogP contribution in [-0.2, 0) is 4.79 Å². The molecule has 0 atom stereocenters. The Morgan fingerprint density at radius 1 is 1.15 bits per heavy atom. The average Bonchev–Trinajstić information content (AvgIpc) is 2.49. The van der Waals surface area contributed by atoms with Crippen LogP contribution in [0.3, 0.4) is 0 Å². The van der Waals surface area contributed by atoms with Crippen molar-refractivity contribution in [1.29, 1.82) is 0 Å². The maximum Gasteiger partial charge on any atom is 0.232 e. The molecule has 1 rings (SSSR count). The molecule has 0 unspecified atom stereocenters. The van der Waals surface area contributed by atoms with Crippen LogP contribution in [0.25, 0.3) is 0 Å². The van der Waals surface area contributed by atoms with Crippen LogP contribution in [0.5, 0.6) is 0 Å². The predicted molar refractivity (Wildman–Crippen MR) is 84.3 cm³/mol. The smallest absolute Gasteiger partial charge is 0.232 e. The van der Waals surface area contributed by atoms with Crippen molar-refractivity contribution < 1.29 is 9.59 Å². The molecule has 1 amide bonds. The van der Waals surface area contributed by atoms with E-state index in [0.717, 1.165) is 29.8 Å². The van der Waals surface area contributed by atoms with Gasteiger partial charge in [0.1, 0.15) is 0 Å². The minimum absolute atomic E-state index is 0.150. The van der Waals surface area contributed by atoms with Crippen LogP contribution >= 0.6 is 11.8 Å². The number of thioether (sulfide) groups is 1. The number of carbonyl (C=O) groups excluding carboxylic acids is 2. The highest BCUT2D eigenvalue weighted by molar-refractivity contribution is 8.00. The molecule has 3 nitrogen and oxygen atoms in total. The number of rotatable bonds is 8. The highest BCUT2D eigenvalue weighted by Crippen LogP contribution is 2.19. The fraction of sp³-hybridized carbons (Fsp3) is 0.500. The summed E-state index contributed by atoms with van der Waals surface area (Å²) >= 11 is 1.52. The van der Waals surface area contributed by atoms with Crippen molar-refractivity contribution in [2.24, 2.45) is 0 Å². The van der Waals surface area contributed by atoms with Crippen LogP contribution in [-0.4, -0.2) is 35.9 Å². The summed E-state index contributed by atoms with van der Waals surface area (Å²) in [5.41, 5.74) is 0.739. The number of hydrogen-bond acceptors (Lipinski definition) is 3. The quantitative estimate of drug-likeness (QED) is 0.542. The molecule has 0 fully saturated rings. The predicted octanol–water partition coefficient (Wildman–Crippen LogP) is 3.63. The van der Waals surface area contributed by atoms with Gasteiger partial charge in [-0.15, -0.1) is 11.8 Å². The van der Waals surface area contributed by atoms with E-state index in [1.807, 2.05) is 38.2 Å². The monoisotopic (exact) mass is 293 g/mol. The Labute approximate surface area is 125 Å². The van der Waals surface area contributed by atoms with Gasteiger partial charge in [0.25, 0.3) is 0 Å². The van der Waals surface area contributed by atoms with Crippen LogP contribution in [0.4, 0.5) is 0 Å². The third-order valence-corrected chi connectivity index (χ3v) is 4.13. The molecule has 1 aromatic rings. The molecular formula is C16H23NO2S. The van der Waals surface area contributed by atoms with Gasteiger partial charge in [-0.1, -0.05) is 32.4 Å². The summed E-state index contributed by atoms with van der Waals surface area (Å²) in [6.07, 6.45) is 2.66. The van der Waals surface area contributed by atoms with E-state index < -0.39 is 0 Å². The number of benzene rings is 1. The Kier molecular flexibility index (Phi) is 7.37. The second-order valence-electron chi connectivity index (χ2n) is 4.76. The first-order valence-corrected chi connectivity index (χ1v) is 8.07. The van der Waals surface area contributed by atoms with Crippen LogP contribution in [0.15, 0.2) is 29.2 Å². The molecule has 0 aliphatic rings. The minimum Gasteiger partial charge on any atom is -0.345 e. The number of amides is 1. The first-order valence-electron chi connectivity index (χ1n) is 7.08. The molecule has 0 aromatic heterocycles. The number of unbranched alkanes of at least 4 members (excludes halogenated alkanes) is 1. The number of carbonyl (C=O) groups is 2. The summed E-state index contributed by atoms with van der Waals surface area (Å²) in [7, 11) is 1.85. The molecule has 0 saturated heterocycles. The average molecular weight is 293 g/mol. The van der Waals surface area contributed by atoms with Gasteiger partial charge in [-0.25, -0.2) is 0 Å². The fourth-order valence-corrected chi connectivity index (χ4v) is 2.56. The Hall–Kier alpha value is -1.29. The number of nitrogens with zero attached hydrogens (tertiary/aromatic N) is 1. The number of ketones is 1. The first kappa shape index (κ1) is 16.8. The highest BCUT2D eigenvalue weighted by atomic mass is 32.2. The summed E-state index contributed by atoms with van der Waals surface area (Å²) in [5.74, 6) is 0.746. The standard InChI is InChI=1S/C16H23NO2S/c1-4-6-11-17(3)16(19)12-20-14-9-7-13(8-10-14)15(18)5-2/h7-10H,4-6,11-12H2,1-3H3. The van der Waals surface area contributed by atoms with Crippen molar-refractivity contribution in [2.45, 2.75) is 38.0 Å². The SMILES string of the molecule is CCCCN(C)C(=O)CSc1ccc(C(=O)CC)cc1. The van der Waals surface area contributed by atoms with Crippen molar-refractivity contribution in [2.75, 3.05) is 19.3 Å². The van der Waals surface area contributed by atoms with E-state index in [0.29, 0.717) is 12.2 Å². The Bertz CT molecular complexity index is 442. The van der Waals surface area contributed by atoms with Crippen molar-refractivity contribution in [1.82, 2.24) is 4.90 Å². The van der Waals surface area contributed by atoms with Crippen molar-refractivity contribution in [3.63, 3.8) is 0 Å². The van der Waals surface area contributed by atoms with Gasteiger partial charge in [-0.2, -0.15) is 0 Å². The summed E-state index contributed by atoms with van der Waals surface area (Å²) < 4.78 is 0. The van der Waals surface area contributed by atoms with Crippen molar-refractivity contribution in [3.8, 4) is 0 Å². The van der Waals surface area contributed by atoms with Gasteiger partial charge in [0.2, 0.25) is 5.91 Å². The molecule has 0 bridgehead atoms.